The zero-order valence-electron chi connectivity index (χ0n) is 14.9. The van der Waals surface area contributed by atoms with Gasteiger partial charge in [0.1, 0.15) is 0 Å². The number of carbonyl (C=O) groups is 1. The Kier molecular flexibility index (Phi) is 4.65. The molecular weight excluding hydrogens is 316 g/mol. The highest BCUT2D eigenvalue weighted by Crippen LogP contribution is 2.17. The second-order valence-corrected chi connectivity index (χ2v) is 5.84. The molecule has 0 aliphatic carbocycles. The molecule has 0 bridgehead atoms. The third-order valence-electron chi connectivity index (χ3n) is 4.34. The minimum atomic E-state index is -0.237. The number of imidazole rings is 1. The van der Waals surface area contributed by atoms with E-state index in [1.807, 2.05) is 56.5 Å². The largest absolute Gasteiger partial charge is 0.321 e. The first-order valence-corrected chi connectivity index (χ1v) is 8.39. The number of anilines is 1. The van der Waals surface area contributed by atoms with Crippen LogP contribution in [0.1, 0.15) is 41.4 Å². The summed E-state index contributed by atoms with van der Waals surface area (Å²) in [6.07, 6.45) is 2.51. The monoisotopic (exact) mass is 338 g/mol. The number of hydrogen-bond donors (Lipinski definition) is 1. The van der Waals surface area contributed by atoms with Crippen molar-refractivity contribution in [2.24, 2.45) is 0 Å². The Balaban J connectivity index is 1.79. The van der Waals surface area contributed by atoms with Gasteiger partial charge in [-0.1, -0.05) is 12.1 Å². The predicted molar refractivity (Wildman–Crippen MR) is 96.1 cm³/mol. The fourth-order valence-corrected chi connectivity index (χ4v) is 2.77. The second kappa shape index (κ2) is 6.88. The molecule has 3 aromatic rings. The standard InChI is InChI=1S/C18H22N6O/c1-5-16-17(21-22-24(16)6-2)18(25)20-14-7-9-15(10-8-14)23-11-19-12(3)13(23)4/h7-11H,5-6H2,1-4H3,(H,20,25). The molecule has 0 unspecified atom stereocenters. The number of amides is 1. The van der Waals surface area contributed by atoms with Crippen LogP contribution >= 0.6 is 0 Å². The van der Waals surface area contributed by atoms with Gasteiger partial charge in [0.15, 0.2) is 5.69 Å². The van der Waals surface area contributed by atoms with Crippen molar-refractivity contribution in [3.63, 3.8) is 0 Å². The lowest BCUT2D eigenvalue weighted by Crippen LogP contribution is -2.15. The molecule has 1 aromatic carbocycles. The normalized spacial score (nSPS) is 10.9. The van der Waals surface area contributed by atoms with E-state index < -0.39 is 0 Å². The molecule has 0 radical (unpaired) electrons. The van der Waals surface area contributed by atoms with Crippen LogP contribution in [0.15, 0.2) is 30.6 Å². The smallest absolute Gasteiger partial charge is 0.278 e. The molecule has 0 saturated carbocycles. The predicted octanol–water partition coefficient (Wildman–Crippen LogP) is 2.92. The van der Waals surface area contributed by atoms with Crippen LogP contribution in [-0.2, 0) is 13.0 Å². The molecule has 130 valence electrons. The van der Waals surface area contributed by atoms with Crippen molar-refractivity contribution in [1.82, 2.24) is 24.5 Å². The average Bonchev–Trinajstić information content (AvgIpc) is 3.19. The third kappa shape index (κ3) is 3.17. The van der Waals surface area contributed by atoms with E-state index in [0.717, 1.165) is 28.5 Å². The van der Waals surface area contributed by atoms with Crippen molar-refractivity contribution in [2.45, 2.75) is 40.7 Å². The summed E-state index contributed by atoms with van der Waals surface area (Å²) < 4.78 is 3.77. The number of carbonyl (C=O) groups excluding carboxylic acids is 1. The van der Waals surface area contributed by atoms with Crippen LogP contribution in [-0.4, -0.2) is 30.5 Å². The maximum atomic E-state index is 12.5. The maximum absolute atomic E-state index is 12.5. The zero-order chi connectivity index (χ0) is 18.0. The van der Waals surface area contributed by atoms with Gasteiger partial charge in [-0.25, -0.2) is 9.67 Å². The number of nitrogens with zero attached hydrogens (tertiary/aromatic N) is 5. The Morgan fingerprint density at radius 1 is 1.16 bits per heavy atom. The molecule has 0 fully saturated rings. The molecule has 1 amide bonds. The Morgan fingerprint density at radius 3 is 2.44 bits per heavy atom. The molecule has 0 atom stereocenters. The fraction of sp³-hybridized carbons (Fsp3) is 0.333. The second-order valence-electron chi connectivity index (χ2n) is 5.84. The Hall–Kier alpha value is -2.96. The van der Waals surface area contributed by atoms with Crippen LogP contribution in [0.2, 0.25) is 0 Å². The topological polar surface area (TPSA) is 77.6 Å². The van der Waals surface area contributed by atoms with E-state index in [-0.39, 0.29) is 5.91 Å². The molecule has 2 heterocycles. The van der Waals surface area contributed by atoms with E-state index in [2.05, 4.69) is 20.6 Å². The molecule has 7 heteroatoms. The Morgan fingerprint density at radius 2 is 1.88 bits per heavy atom. The number of rotatable bonds is 5. The minimum Gasteiger partial charge on any atom is -0.321 e. The summed E-state index contributed by atoms with van der Waals surface area (Å²) in [6, 6.07) is 7.65. The van der Waals surface area contributed by atoms with E-state index in [9.17, 15) is 4.79 Å². The molecule has 0 saturated heterocycles. The van der Waals surface area contributed by atoms with Crippen molar-refractivity contribution < 1.29 is 4.79 Å². The van der Waals surface area contributed by atoms with Gasteiger partial charge in [0.25, 0.3) is 5.91 Å². The maximum Gasteiger partial charge on any atom is 0.278 e. The molecule has 0 aliphatic rings. The number of aromatic nitrogens is 5. The molecule has 3 rings (SSSR count). The number of aryl methyl sites for hydroxylation is 2. The zero-order valence-corrected chi connectivity index (χ0v) is 14.9. The van der Waals surface area contributed by atoms with Crippen LogP contribution in [0.5, 0.6) is 0 Å². The van der Waals surface area contributed by atoms with Gasteiger partial charge in [0.05, 0.1) is 17.7 Å². The van der Waals surface area contributed by atoms with Crippen LogP contribution in [0.4, 0.5) is 5.69 Å². The van der Waals surface area contributed by atoms with Crippen LogP contribution in [0.25, 0.3) is 5.69 Å². The molecule has 1 N–H and O–H groups in total. The van der Waals surface area contributed by atoms with E-state index in [1.165, 1.54) is 0 Å². The summed E-state index contributed by atoms with van der Waals surface area (Å²) in [7, 11) is 0. The molecule has 7 nitrogen and oxygen atoms in total. The summed E-state index contributed by atoms with van der Waals surface area (Å²) in [5.74, 6) is -0.237. The highest BCUT2D eigenvalue weighted by molar-refractivity contribution is 6.03. The molecule has 2 aromatic heterocycles. The quantitative estimate of drug-likeness (QED) is 0.776. The SMILES string of the molecule is CCc1c(C(=O)Nc2ccc(-n3cnc(C)c3C)cc2)nnn1CC. The van der Waals surface area contributed by atoms with Gasteiger partial charge < -0.3 is 9.88 Å². The first kappa shape index (κ1) is 16.9. The van der Waals surface area contributed by atoms with Crippen LogP contribution in [0.3, 0.4) is 0 Å². The summed E-state index contributed by atoms with van der Waals surface area (Å²) in [6.45, 7) is 8.68. The third-order valence-corrected chi connectivity index (χ3v) is 4.34. The lowest BCUT2D eigenvalue weighted by Gasteiger charge is -2.08. The van der Waals surface area contributed by atoms with Crippen molar-refractivity contribution in [2.75, 3.05) is 5.32 Å². The first-order chi connectivity index (χ1) is 12.0. The van der Waals surface area contributed by atoms with E-state index in [1.54, 1.807) is 11.0 Å². The van der Waals surface area contributed by atoms with Gasteiger partial charge in [-0.3, -0.25) is 4.79 Å². The highest BCUT2D eigenvalue weighted by Gasteiger charge is 2.18. The summed E-state index contributed by atoms with van der Waals surface area (Å²) >= 11 is 0. The molecule has 0 aliphatic heterocycles. The van der Waals surface area contributed by atoms with Crippen molar-refractivity contribution in [3.8, 4) is 5.69 Å². The van der Waals surface area contributed by atoms with Gasteiger partial charge in [0, 0.05) is 23.6 Å². The van der Waals surface area contributed by atoms with Crippen molar-refractivity contribution in [3.05, 3.63) is 53.4 Å². The Labute approximate surface area is 146 Å². The van der Waals surface area contributed by atoms with E-state index in [4.69, 9.17) is 0 Å². The van der Waals surface area contributed by atoms with Crippen LogP contribution in [0, 0.1) is 13.8 Å². The lowest BCUT2D eigenvalue weighted by atomic mass is 10.2. The average molecular weight is 338 g/mol. The van der Waals surface area contributed by atoms with Crippen molar-refractivity contribution in [1.29, 1.82) is 0 Å². The summed E-state index contributed by atoms with van der Waals surface area (Å²) in [5.41, 5.74) is 5.05. The molecule has 25 heavy (non-hydrogen) atoms. The van der Waals surface area contributed by atoms with Crippen LogP contribution < -0.4 is 5.32 Å². The van der Waals surface area contributed by atoms with Gasteiger partial charge >= 0.3 is 0 Å². The van der Waals surface area contributed by atoms with Gasteiger partial charge in [-0.05, 0) is 51.5 Å². The minimum absolute atomic E-state index is 0.237. The summed E-state index contributed by atoms with van der Waals surface area (Å²) in [5, 5.41) is 10.9. The number of hydrogen-bond acceptors (Lipinski definition) is 4. The van der Waals surface area contributed by atoms with Gasteiger partial charge in [-0.2, -0.15) is 0 Å². The Bertz CT molecular complexity index is 891. The van der Waals surface area contributed by atoms with Gasteiger partial charge in [-0.15, -0.1) is 5.10 Å². The first-order valence-electron chi connectivity index (χ1n) is 8.39. The number of nitrogens with one attached hydrogen (secondary N) is 1. The highest BCUT2D eigenvalue weighted by atomic mass is 16.2. The van der Waals surface area contributed by atoms with Crippen molar-refractivity contribution >= 4 is 11.6 Å². The number of benzene rings is 1. The fourth-order valence-electron chi connectivity index (χ4n) is 2.77. The lowest BCUT2D eigenvalue weighted by molar-refractivity contribution is 0.102. The molecule has 0 spiro atoms. The molecular formula is C18H22N6O. The van der Waals surface area contributed by atoms with Gasteiger partial charge in [0.2, 0.25) is 0 Å². The summed E-state index contributed by atoms with van der Waals surface area (Å²) in [4.78, 5) is 16.8. The van der Waals surface area contributed by atoms with E-state index in [0.29, 0.717) is 18.7 Å². The van der Waals surface area contributed by atoms with E-state index >= 15 is 0 Å².